The average molecular weight is 336 g/mol. The van der Waals surface area contributed by atoms with Crippen LogP contribution in [0, 0.1) is 11.3 Å². The molecule has 2 saturated heterocycles. The second-order valence-corrected chi connectivity index (χ2v) is 8.24. The maximum absolute atomic E-state index is 9.41. The van der Waals surface area contributed by atoms with E-state index >= 15 is 0 Å². The first-order valence-corrected chi connectivity index (χ1v) is 9.03. The summed E-state index contributed by atoms with van der Waals surface area (Å²) >= 11 is 0. The van der Waals surface area contributed by atoms with E-state index in [0.29, 0.717) is 23.7 Å². The highest BCUT2D eigenvalue weighted by Crippen LogP contribution is 2.43. The van der Waals surface area contributed by atoms with Gasteiger partial charge in [-0.3, -0.25) is 0 Å². The van der Waals surface area contributed by atoms with Crippen molar-refractivity contribution in [1.29, 1.82) is 5.26 Å². The Hall–Kier alpha value is -2.42. The van der Waals surface area contributed by atoms with Crippen LogP contribution in [0.25, 0.3) is 0 Å². The van der Waals surface area contributed by atoms with Gasteiger partial charge in [0.1, 0.15) is 11.9 Å². The van der Waals surface area contributed by atoms with Gasteiger partial charge in [-0.1, -0.05) is 26.0 Å². The Bertz CT molecular complexity index is 798. The van der Waals surface area contributed by atoms with Crippen LogP contribution in [0.1, 0.15) is 63.8 Å². The molecule has 2 bridgehead atoms. The van der Waals surface area contributed by atoms with Crippen LogP contribution in [0.15, 0.2) is 24.5 Å². The highest BCUT2D eigenvalue weighted by atomic mass is 15.4. The third-order valence-electron chi connectivity index (χ3n) is 5.51. The third-order valence-corrected chi connectivity index (χ3v) is 5.51. The van der Waals surface area contributed by atoms with Gasteiger partial charge in [-0.15, -0.1) is 5.10 Å². The Kier molecular flexibility index (Phi) is 3.75. The van der Waals surface area contributed by atoms with E-state index in [2.05, 4.69) is 57.9 Å². The van der Waals surface area contributed by atoms with Gasteiger partial charge < -0.3 is 4.90 Å². The van der Waals surface area contributed by atoms with Crippen LogP contribution in [-0.4, -0.2) is 32.1 Å². The van der Waals surface area contributed by atoms with Crippen molar-refractivity contribution in [2.45, 2.75) is 70.0 Å². The molecule has 2 atom stereocenters. The van der Waals surface area contributed by atoms with E-state index in [1.54, 1.807) is 6.20 Å². The molecule has 2 fully saturated rings. The van der Waals surface area contributed by atoms with E-state index in [0.717, 1.165) is 37.2 Å². The van der Waals surface area contributed by atoms with Gasteiger partial charge in [-0.2, -0.15) is 5.26 Å². The van der Waals surface area contributed by atoms with Gasteiger partial charge >= 0.3 is 0 Å². The van der Waals surface area contributed by atoms with Crippen molar-refractivity contribution in [3.8, 4) is 6.07 Å². The maximum atomic E-state index is 9.41. The summed E-state index contributed by atoms with van der Waals surface area (Å²) in [6.07, 6.45) is 8.28. The van der Waals surface area contributed by atoms with Crippen LogP contribution in [0.2, 0.25) is 0 Å². The Morgan fingerprint density at radius 1 is 1.16 bits per heavy atom. The normalized spacial score (nSPS) is 25.8. The predicted octanol–water partition coefficient (Wildman–Crippen LogP) is 3.21. The number of anilines is 1. The van der Waals surface area contributed by atoms with Crippen molar-refractivity contribution in [2.75, 3.05) is 4.90 Å². The Morgan fingerprint density at radius 3 is 2.48 bits per heavy atom. The number of rotatable bonds is 2. The smallest absolute Gasteiger partial charge is 0.146 e. The van der Waals surface area contributed by atoms with Crippen LogP contribution in [0.4, 0.5) is 5.82 Å². The first-order valence-electron chi connectivity index (χ1n) is 9.03. The van der Waals surface area contributed by atoms with Gasteiger partial charge in [0.25, 0.3) is 0 Å². The number of hydrogen-bond acceptors (Lipinski definition) is 5. The fraction of sp³-hybridized carbons (Fsp3) is 0.579. The van der Waals surface area contributed by atoms with E-state index < -0.39 is 0 Å². The van der Waals surface area contributed by atoms with Gasteiger partial charge in [0.05, 0.1) is 17.3 Å². The molecule has 0 radical (unpaired) electrons. The van der Waals surface area contributed by atoms with Crippen molar-refractivity contribution < 1.29 is 0 Å². The van der Waals surface area contributed by atoms with Gasteiger partial charge in [0, 0.05) is 29.9 Å². The lowest BCUT2D eigenvalue weighted by Crippen LogP contribution is -2.44. The molecule has 0 spiro atoms. The van der Waals surface area contributed by atoms with Crippen LogP contribution in [0.3, 0.4) is 0 Å². The van der Waals surface area contributed by atoms with Gasteiger partial charge in [-0.05, 0) is 37.8 Å². The molecule has 2 aliphatic heterocycles. The first-order chi connectivity index (χ1) is 12.0. The molecule has 25 heavy (non-hydrogen) atoms. The highest BCUT2D eigenvalue weighted by Gasteiger charge is 2.43. The topological polar surface area (TPSA) is 70.6 Å². The zero-order valence-corrected chi connectivity index (χ0v) is 15.1. The SMILES string of the molecule is CC(C)(C)c1cn(C2CC3CCC(C2)N3c2ncccc2C#N)nn1. The fourth-order valence-corrected chi connectivity index (χ4v) is 4.20. The standard InChI is InChI=1S/C19H24N6/c1-19(2,3)17-12-24(23-22-17)16-9-14-6-7-15(10-16)25(14)18-13(11-20)5-4-8-21-18/h4-5,8,12,14-16H,6-7,9-10H2,1-3H3. The second-order valence-electron chi connectivity index (χ2n) is 8.24. The fourth-order valence-electron chi connectivity index (χ4n) is 4.20. The lowest BCUT2D eigenvalue weighted by Gasteiger charge is -2.39. The Balaban J connectivity index is 1.58. The summed E-state index contributed by atoms with van der Waals surface area (Å²) in [6, 6.07) is 7.22. The summed E-state index contributed by atoms with van der Waals surface area (Å²) in [5, 5.41) is 18.2. The minimum absolute atomic E-state index is 0.0214. The lowest BCUT2D eigenvalue weighted by atomic mass is 9.93. The molecule has 0 saturated carbocycles. The van der Waals surface area contributed by atoms with E-state index in [1.165, 1.54) is 0 Å². The molecule has 2 unspecified atom stereocenters. The highest BCUT2D eigenvalue weighted by molar-refractivity contribution is 5.56. The molecule has 0 amide bonds. The van der Waals surface area contributed by atoms with Crippen LogP contribution < -0.4 is 4.90 Å². The lowest BCUT2D eigenvalue weighted by molar-refractivity contribution is 0.309. The minimum Gasteiger partial charge on any atom is -0.349 e. The number of hydrogen-bond donors (Lipinski definition) is 0. The zero-order valence-electron chi connectivity index (χ0n) is 15.1. The minimum atomic E-state index is 0.0214. The quantitative estimate of drug-likeness (QED) is 0.842. The summed E-state index contributed by atoms with van der Waals surface area (Å²) in [5.41, 5.74) is 1.74. The van der Waals surface area contributed by atoms with Gasteiger partial charge in [0.2, 0.25) is 0 Å². The predicted molar refractivity (Wildman–Crippen MR) is 95.2 cm³/mol. The van der Waals surface area contributed by atoms with Crippen molar-refractivity contribution in [1.82, 2.24) is 20.0 Å². The molecule has 2 aromatic rings. The number of nitriles is 1. The molecule has 6 heteroatoms. The monoisotopic (exact) mass is 336 g/mol. The summed E-state index contributed by atoms with van der Waals surface area (Å²) in [6.45, 7) is 6.49. The van der Waals surface area contributed by atoms with Crippen LogP contribution in [0.5, 0.6) is 0 Å². The average Bonchev–Trinajstić information content (AvgIpc) is 3.18. The number of piperidine rings is 1. The van der Waals surface area contributed by atoms with E-state index in [9.17, 15) is 5.26 Å². The molecular weight excluding hydrogens is 312 g/mol. The second kappa shape index (κ2) is 5.83. The molecule has 0 N–H and O–H groups in total. The Labute approximate surface area is 148 Å². The van der Waals surface area contributed by atoms with Crippen LogP contribution in [-0.2, 0) is 5.41 Å². The van der Waals surface area contributed by atoms with E-state index in [1.807, 2.05) is 12.1 Å². The molecule has 0 aliphatic carbocycles. The molecule has 2 aliphatic rings. The number of pyridine rings is 1. The molecule has 130 valence electrons. The largest absolute Gasteiger partial charge is 0.349 e. The first kappa shape index (κ1) is 16.1. The number of fused-ring (bicyclic) bond motifs is 2. The van der Waals surface area contributed by atoms with Gasteiger partial charge in [0.15, 0.2) is 0 Å². The van der Waals surface area contributed by atoms with Crippen molar-refractivity contribution in [2.24, 2.45) is 0 Å². The van der Waals surface area contributed by atoms with E-state index in [-0.39, 0.29) is 5.41 Å². The molecular formula is C19H24N6. The van der Waals surface area contributed by atoms with E-state index in [4.69, 9.17) is 0 Å². The summed E-state index contributed by atoms with van der Waals surface area (Å²) in [5.74, 6) is 0.852. The molecule has 0 aromatic carbocycles. The summed E-state index contributed by atoms with van der Waals surface area (Å²) < 4.78 is 2.06. The summed E-state index contributed by atoms with van der Waals surface area (Å²) in [7, 11) is 0. The number of aromatic nitrogens is 4. The zero-order chi connectivity index (χ0) is 17.6. The van der Waals surface area contributed by atoms with Crippen molar-refractivity contribution >= 4 is 5.82 Å². The van der Waals surface area contributed by atoms with Crippen molar-refractivity contribution in [3.63, 3.8) is 0 Å². The third kappa shape index (κ3) is 2.78. The van der Waals surface area contributed by atoms with Crippen molar-refractivity contribution in [3.05, 3.63) is 35.8 Å². The number of nitrogens with zero attached hydrogens (tertiary/aromatic N) is 6. The van der Waals surface area contributed by atoms with Gasteiger partial charge in [-0.25, -0.2) is 9.67 Å². The molecule has 4 heterocycles. The summed E-state index contributed by atoms with van der Waals surface area (Å²) in [4.78, 5) is 6.90. The maximum Gasteiger partial charge on any atom is 0.146 e. The molecule has 2 aromatic heterocycles. The Morgan fingerprint density at radius 2 is 1.88 bits per heavy atom. The molecule has 4 rings (SSSR count). The van der Waals surface area contributed by atoms with Crippen LogP contribution >= 0.6 is 0 Å². The molecule has 6 nitrogen and oxygen atoms in total.